The van der Waals surface area contributed by atoms with Crippen molar-refractivity contribution in [2.45, 2.75) is 39.4 Å². The minimum atomic E-state index is -4.69. The van der Waals surface area contributed by atoms with Crippen molar-refractivity contribution >= 4 is 48.7 Å². The van der Waals surface area contributed by atoms with Crippen molar-refractivity contribution in [3.63, 3.8) is 0 Å². The van der Waals surface area contributed by atoms with E-state index in [1.807, 2.05) is 0 Å². The first kappa shape index (κ1) is 23.0. The quantitative estimate of drug-likeness (QED) is 0.421. The van der Waals surface area contributed by atoms with E-state index in [0.717, 1.165) is 4.57 Å². The molecule has 1 heterocycles. The number of hydrogen-bond donors (Lipinski definition) is 1. The van der Waals surface area contributed by atoms with Gasteiger partial charge >= 0.3 is 12.1 Å². The van der Waals surface area contributed by atoms with Crippen LogP contribution in [0.25, 0.3) is 10.9 Å². The molecular weight excluding hydrogens is 527 g/mol. The van der Waals surface area contributed by atoms with E-state index in [4.69, 9.17) is 6.42 Å². The second-order valence-corrected chi connectivity index (χ2v) is 10.9. The summed E-state index contributed by atoms with van der Waals surface area (Å²) >= 11 is 6.52. The highest BCUT2D eigenvalue weighted by Crippen LogP contribution is 2.76. The van der Waals surface area contributed by atoms with Gasteiger partial charge in [0.2, 0.25) is 0 Å². The Morgan fingerprint density at radius 3 is 2.47 bits per heavy atom. The second-order valence-electron chi connectivity index (χ2n) is 8.12. The molecule has 3 nitrogen and oxygen atoms in total. The number of alkyl halides is 3. The van der Waals surface area contributed by atoms with Crippen molar-refractivity contribution in [3.8, 4) is 12.3 Å². The first-order valence-electron chi connectivity index (χ1n) is 9.21. The van der Waals surface area contributed by atoms with E-state index in [2.05, 4.69) is 37.8 Å². The minimum Gasteiger partial charge on any atom is -0.481 e. The fourth-order valence-corrected chi connectivity index (χ4v) is 5.81. The number of aromatic nitrogens is 1. The van der Waals surface area contributed by atoms with Crippen LogP contribution in [0.4, 0.5) is 13.2 Å². The summed E-state index contributed by atoms with van der Waals surface area (Å²) in [7, 11) is 0. The molecule has 3 rings (SSSR count). The summed E-state index contributed by atoms with van der Waals surface area (Å²) in [5, 5.41) is 10.6. The molecule has 1 unspecified atom stereocenters. The fourth-order valence-electron chi connectivity index (χ4n) is 5.28. The predicted molar refractivity (Wildman–Crippen MR) is 117 cm³/mol. The molecule has 1 aromatic carbocycles. The maximum absolute atomic E-state index is 14.3. The van der Waals surface area contributed by atoms with E-state index in [1.165, 1.54) is 0 Å². The van der Waals surface area contributed by atoms with E-state index >= 15 is 0 Å². The Bertz CT molecular complexity index is 1090. The van der Waals surface area contributed by atoms with Gasteiger partial charge in [0.15, 0.2) is 0 Å². The average molecular weight is 547 g/mol. The number of hydrogen-bond acceptors (Lipinski definition) is 1. The molecule has 1 N–H and O–H groups in total. The summed E-state index contributed by atoms with van der Waals surface area (Å²) in [6.45, 7) is 4.86. The molecule has 8 heteroatoms. The molecule has 2 aromatic rings. The fraction of sp³-hybridized carbons (Fsp3) is 0.409. The number of rotatable bonds is 5. The first-order chi connectivity index (χ1) is 13.8. The lowest BCUT2D eigenvalue weighted by Gasteiger charge is -2.26. The van der Waals surface area contributed by atoms with Crippen LogP contribution in [-0.2, 0) is 17.5 Å². The Morgan fingerprint density at radius 1 is 1.37 bits per heavy atom. The van der Waals surface area contributed by atoms with Crippen molar-refractivity contribution in [2.24, 2.45) is 16.7 Å². The molecule has 0 spiro atoms. The lowest BCUT2D eigenvalue weighted by atomic mass is 9.77. The average Bonchev–Trinajstić information content (AvgIpc) is 2.93. The van der Waals surface area contributed by atoms with Crippen LogP contribution in [0.5, 0.6) is 0 Å². The van der Waals surface area contributed by atoms with E-state index in [0.29, 0.717) is 14.3 Å². The van der Waals surface area contributed by atoms with E-state index in [-0.39, 0.29) is 12.1 Å². The Kier molecular flexibility index (Phi) is 5.70. The molecule has 0 saturated heterocycles. The normalized spacial score (nSPS) is 23.6. The third-order valence-corrected chi connectivity index (χ3v) is 7.07. The summed E-state index contributed by atoms with van der Waals surface area (Å²) in [4.78, 5) is 12.6. The Labute approximate surface area is 189 Å². The lowest BCUT2D eigenvalue weighted by Crippen LogP contribution is -2.29. The van der Waals surface area contributed by atoms with Crippen molar-refractivity contribution < 1.29 is 23.1 Å². The summed E-state index contributed by atoms with van der Waals surface area (Å²) in [6.07, 6.45) is 2.38. The van der Waals surface area contributed by atoms with Crippen LogP contribution in [0, 0.1) is 29.1 Å². The zero-order valence-electron chi connectivity index (χ0n) is 16.5. The third-order valence-electron chi connectivity index (χ3n) is 6.54. The zero-order chi connectivity index (χ0) is 22.6. The van der Waals surface area contributed by atoms with Crippen LogP contribution in [-0.4, -0.2) is 15.6 Å². The number of halogens is 5. The van der Waals surface area contributed by atoms with Crippen LogP contribution in [0.2, 0.25) is 0 Å². The van der Waals surface area contributed by atoms with Gasteiger partial charge in [-0.1, -0.05) is 51.0 Å². The highest BCUT2D eigenvalue weighted by atomic mass is 79.9. The smallest absolute Gasteiger partial charge is 0.431 e. The Hall–Kier alpha value is -1.72. The van der Waals surface area contributed by atoms with Crippen LogP contribution in [0.3, 0.4) is 0 Å². The lowest BCUT2D eigenvalue weighted by molar-refractivity contribution is -0.148. The molecule has 160 valence electrons. The number of benzene rings is 1. The maximum atomic E-state index is 14.3. The van der Waals surface area contributed by atoms with E-state index in [1.54, 1.807) is 51.1 Å². The number of aliphatic carboxylic acids is 1. The number of allylic oxidation sites excluding steroid dienone is 1. The predicted octanol–water partition coefficient (Wildman–Crippen LogP) is 6.76. The van der Waals surface area contributed by atoms with Crippen molar-refractivity contribution in [1.82, 2.24) is 4.57 Å². The van der Waals surface area contributed by atoms with Gasteiger partial charge in [0.05, 0.1) is 15.4 Å². The van der Waals surface area contributed by atoms with Crippen LogP contribution >= 0.6 is 31.9 Å². The molecular formula is C22H20Br2F3NO2. The standard InChI is InChI=1S/C22H20Br2F3NO2/c1-5-10-28-14-9-7-6-8-13(14)17(18(28)22(25,26)27)12(2)21(19(29)30)15(11-16(23)24)20(21,3)4/h1,6-9,11-12,15H,10H2,2-4H3,(H,29,30)/t12-,15?,21+/m1/s1. The maximum Gasteiger partial charge on any atom is 0.431 e. The third kappa shape index (κ3) is 3.13. The van der Waals surface area contributed by atoms with Gasteiger partial charge in [-0.2, -0.15) is 13.2 Å². The molecule has 0 amide bonds. The molecule has 0 bridgehead atoms. The van der Waals surface area contributed by atoms with Gasteiger partial charge in [0.1, 0.15) is 5.69 Å². The first-order valence-corrected chi connectivity index (χ1v) is 10.8. The van der Waals surface area contributed by atoms with Crippen molar-refractivity contribution in [2.75, 3.05) is 0 Å². The summed E-state index contributed by atoms with van der Waals surface area (Å²) in [5.41, 5.74) is -2.73. The second kappa shape index (κ2) is 7.45. The van der Waals surface area contributed by atoms with Crippen LogP contribution < -0.4 is 0 Å². The number of carbonyl (C=O) groups is 1. The molecule has 30 heavy (non-hydrogen) atoms. The highest BCUT2D eigenvalue weighted by molar-refractivity contribution is 9.28. The van der Waals surface area contributed by atoms with E-state index in [9.17, 15) is 23.1 Å². The van der Waals surface area contributed by atoms with Crippen LogP contribution in [0.1, 0.15) is 37.9 Å². The molecule has 0 radical (unpaired) electrons. The van der Waals surface area contributed by atoms with Gasteiger partial charge < -0.3 is 9.67 Å². The molecule has 1 aromatic heterocycles. The number of carboxylic acid groups (broad SMARTS) is 1. The minimum absolute atomic E-state index is 0.0228. The number of nitrogens with zero attached hydrogens (tertiary/aromatic N) is 1. The van der Waals surface area contributed by atoms with Gasteiger partial charge in [0, 0.05) is 22.7 Å². The monoisotopic (exact) mass is 545 g/mol. The number of para-hydroxylation sites is 1. The SMILES string of the molecule is C#CCn1c(C(F)(F)F)c([C@@H](C)[C@@]2(C(=O)O)C(C=C(Br)Br)C2(C)C)c2ccccc21. The highest BCUT2D eigenvalue weighted by Gasteiger charge is 2.77. The summed E-state index contributed by atoms with van der Waals surface area (Å²) in [5.74, 6) is -0.222. The van der Waals surface area contributed by atoms with Crippen molar-refractivity contribution in [1.29, 1.82) is 0 Å². The summed E-state index contributed by atoms with van der Waals surface area (Å²) in [6, 6.07) is 6.47. The number of carboxylic acids is 1. The topological polar surface area (TPSA) is 42.2 Å². The Morgan fingerprint density at radius 2 is 1.97 bits per heavy atom. The van der Waals surface area contributed by atoms with Gasteiger partial charge in [-0.3, -0.25) is 4.79 Å². The van der Waals surface area contributed by atoms with Crippen molar-refractivity contribution in [3.05, 3.63) is 45.0 Å². The molecule has 1 aliphatic carbocycles. The van der Waals surface area contributed by atoms with Crippen LogP contribution in [0.15, 0.2) is 33.7 Å². The van der Waals surface area contributed by atoms with Gasteiger partial charge in [-0.05, 0) is 48.9 Å². The van der Waals surface area contributed by atoms with Gasteiger partial charge in [-0.15, -0.1) is 6.42 Å². The number of fused-ring (bicyclic) bond motifs is 1. The Balaban J connectivity index is 2.38. The van der Waals surface area contributed by atoms with Gasteiger partial charge in [0.25, 0.3) is 0 Å². The van der Waals surface area contributed by atoms with Gasteiger partial charge in [-0.25, -0.2) is 0 Å². The molecule has 1 fully saturated rings. The van der Waals surface area contributed by atoms with E-state index < -0.39 is 40.5 Å². The largest absolute Gasteiger partial charge is 0.481 e. The summed E-state index contributed by atoms with van der Waals surface area (Å²) < 4.78 is 44.5. The zero-order valence-corrected chi connectivity index (χ0v) is 19.7. The molecule has 1 saturated carbocycles. The number of terminal acetylenes is 1. The molecule has 0 aliphatic heterocycles. The molecule has 3 atom stereocenters. The molecule has 1 aliphatic rings.